The fourth-order valence-electron chi connectivity index (χ4n) is 8.01. The van der Waals surface area contributed by atoms with Gasteiger partial charge in [-0.1, -0.05) is 97.1 Å². The molecule has 0 aliphatic rings. The van der Waals surface area contributed by atoms with Crippen molar-refractivity contribution in [2.45, 2.75) is 13.8 Å². The largest absolute Gasteiger partial charge is 0.326 e. The number of carbonyl (C=O) groups excluding carboxylic acids is 2. The highest BCUT2D eigenvalue weighted by Crippen LogP contribution is 2.35. The quantitative estimate of drug-likeness (QED) is 0.135. The first-order valence-electron chi connectivity index (χ1n) is 20.7. The first-order valence-corrected chi connectivity index (χ1v) is 20.7. The van der Waals surface area contributed by atoms with Gasteiger partial charge in [-0.05, 0) is 95.1 Å². The van der Waals surface area contributed by atoms with Crippen LogP contribution in [0.5, 0.6) is 0 Å². The predicted octanol–water partition coefficient (Wildman–Crippen LogP) is 12.2. The Bertz CT molecular complexity index is 2680. The third kappa shape index (κ3) is 8.44. The number of nitrogens with zero attached hydrogens (tertiary/aromatic N) is 2. The Balaban J connectivity index is 1.19. The molecule has 2 amide bonds. The van der Waals surface area contributed by atoms with Crippen molar-refractivity contribution < 1.29 is 18.7 Å². The molecule has 0 bridgehead atoms. The number of benzene rings is 7. The van der Waals surface area contributed by atoms with Crippen molar-refractivity contribution in [1.82, 2.24) is 0 Å². The SMILES string of the molecule is CC(=O)Nc1ccc(-[n+]2c(-c3ccccc3)cc(-c3ccc(-c4cc(-c5ccccc5)[n+](-c5ccc(NC(C)=O)cc5)c(-c5ccccc5)c4)cc3)cc2-c2ccccc2)cc1. The van der Waals surface area contributed by atoms with E-state index >= 15 is 0 Å². The molecule has 0 saturated carbocycles. The van der Waals surface area contributed by atoms with Gasteiger partial charge >= 0.3 is 0 Å². The Morgan fingerprint density at radius 1 is 0.306 bits per heavy atom. The zero-order valence-corrected chi connectivity index (χ0v) is 34.5. The van der Waals surface area contributed by atoms with Gasteiger partial charge in [0.15, 0.2) is 0 Å². The summed E-state index contributed by atoms with van der Waals surface area (Å²) in [5.74, 6) is -0.210. The molecule has 0 unspecified atom stereocenters. The Morgan fingerprint density at radius 3 is 0.806 bits per heavy atom. The molecule has 0 atom stereocenters. The molecule has 6 nitrogen and oxygen atoms in total. The Hall–Kier alpha value is -8.22. The van der Waals surface area contributed by atoms with E-state index in [4.69, 9.17) is 0 Å². The number of aromatic nitrogens is 2. The van der Waals surface area contributed by atoms with Crippen molar-refractivity contribution in [3.8, 4) is 78.7 Å². The van der Waals surface area contributed by atoms with Crippen LogP contribution >= 0.6 is 0 Å². The third-order valence-corrected chi connectivity index (χ3v) is 10.9. The second-order valence-corrected chi connectivity index (χ2v) is 15.2. The number of pyridine rings is 2. The Kier molecular flexibility index (Phi) is 11.1. The van der Waals surface area contributed by atoms with Gasteiger partial charge in [0.1, 0.15) is 0 Å². The smallest absolute Gasteiger partial charge is 0.221 e. The molecule has 0 fully saturated rings. The van der Waals surface area contributed by atoms with Gasteiger partial charge in [0.05, 0.1) is 0 Å². The molecule has 7 aromatic carbocycles. The summed E-state index contributed by atoms with van der Waals surface area (Å²) in [6.45, 7) is 3.04. The number of nitrogens with one attached hydrogen (secondary N) is 2. The zero-order valence-electron chi connectivity index (χ0n) is 34.5. The highest BCUT2D eigenvalue weighted by atomic mass is 16.2. The second kappa shape index (κ2) is 17.6. The van der Waals surface area contributed by atoms with Crippen molar-refractivity contribution in [1.29, 1.82) is 0 Å². The van der Waals surface area contributed by atoms with Gasteiger partial charge in [-0.3, -0.25) is 9.59 Å². The molecule has 2 heterocycles. The molecular weight excluding hydrogens is 761 g/mol. The van der Waals surface area contributed by atoms with Crippen LogP contribution in [0.25, 0.3) is 78.7 Å². The fourth-order valence-corrected chi connectivity index (χ4v) is 8.01. The van der Waals surface area contributed by atoms with Crippen LogP contribution in [-0.2, 0) is 9.59 Å². The average Bonchev–Trinajstić information content (AvgIpc) is 3.32. The number of hydrogen-bond acceptors (Lipinski definition) is 2. The number of hydrogen-bond donors (Lipinski definition) is 2. The van der Waals surface area contributed by atoms with Crippen LogP contribution < -0.4 is 19.8 Å². The minimum absolute atomic E-state index is 0.105. The van der Waals surface area contributed by atoms with E-state index in [0.29, 0.717) is 0 Å². The van der Waals surface area contributed by atoms with Crippen molar-refractivity contribution in [3.05, 3.63) is 218 Å². The topological polar surface area (TPSA) is 66.0 Å². The molecule has 9 rings (SSSR count). The molecular formula is C56H44N4O2+2. The van der Waals surface area contributed by atoms with Crippen LogP contribution in [0, 0.1) is 0 Å². The van der Waals surface area contributed by atoms with Crippen molar-refractivity contribution in [2.24, 2.45) is 0 Å². The number of amides is 2. The molecule has 298 valence electrons. The van der Waals surface area contributed by atoms with E-state index in [1.165, 1.54) is 13.8 Å². The van der Waals surface area contributed by atoms with E-state index in [0.717, 1.165) is 90.0 Å². The molecule has 0 spiro atoms. The molecule has 0 aliphatic heterocycles. The van der Waals surface area contributed by atoms with Crippen molar-refractivity contribution in [2.75, 3.05) is 10.6 Å². The first kappa shape index (κ1) is 39.3. The van der Waals surface area contributed by atoms with Gasteiger partial charge in [-0.25, -0.2) is 0 Å². The lowest BCUT2D eigenvalue weighted by Gasteiger charge is -2.14. The van der Waals surface area contributed by atoms with Crippen LogP contribution in [0.1, 0.15) is 13.8 Å². The standard InChI is InChI=1S/C56H42N4O2/c1-39(61)57-49-27-31-51(32-28-49)59-53(43-15-7-3-8-16-43)35-47(36-54(59)44-17-9-4-10-18-44)41-23-25-42(26-24-41)48-37-55(45-19-11-5-12-20-45)60(56(38-48)46-21-13-6-14-22-46)52-33-29-50(30-34-52)58-40(2)62/h3-38H,1-2H3/p+2. The molecule has 6 heteroatoms. The van der Waals surface area contributed by atoms with Gasteiger partial charge in [0.25, 0.3) is 0 Å². The molecule has 62 heavy (non-hydrogen) atoms. The molecule has 0 saturated heterocycles. The van der Waals surface area contributed by atoms with Gasteiger partial charge in [-0.2, -0.15) is 9.13 Å². The maximum Gasteiger partial charge on any atom is 0.221 e. The molecule has 0 aliphatic carbocycles. The first-order chi connectivity index (χ1) is 30.4. The monoisotopic (exact) mass is 804 g/mol. The summed E-state index contributed by atoms with van der Waals surface area (Å²) in [6, 6.07) is 75.8. The van der Waals surface area contributed by atoms with E-state index < -0.39 is 0 Å². The highest BCUT2D eigenvalue weighted by Gasteiger charge is 2.27. The summed E-state index contributed by atoms with van der Waals surface area (Å²) in [5, 5.41) is 5.80. The maximum absolute atomic E-state index is 11.8. The fraction of sp³-hybridized carbons (Fsp3) is 0.0357. The van der Waals surface area contributed by atoms with E-state index in [-0.39, 0.29) is 11.8 Å². The second-order valence-electron chi connectivity index (χ2n) is 15.2. The van der Waals surface area contributed by atoms with E-state index in [1.54, 1.807) is 0 Å². The number of rotatable bonds is 10. The van der Waals surface area contributed by atoms with Gasteiger partial charge in [0, 0.05) is 96.0 Å². The van der Waals surface area contributed by atoms with E-state index in [9.17, 15) is 9.59 Å². The van der Waals surface area contributed by atoms with Crippen LogP contribution in [0.15, 0.2) is 218 Å². The maximum atomic E-state index is 11.8. The lowest BCUT2D eigenvalue weighted by Crippen LogP contribution is -2.36. The minimum Gasteiger partial charge on any atom is -0.326 e. The van der Waals surface area contributed by atoms with E-state index in [1.807, 2.05) is 48.5 Å². The summed E-state index contributed by atoms with van der Waals surface area (Å²) < 4.78 is 4.59. The Morgan fingerprint density at radius 2 is 0.565 bits per heavy atom. The molecule has 0 radical (unpaired) electrons. The Labute approximate surface area is 362 Å². The average molecular weight is 805 g/mol. The highest BCUT2D eigenvalue weighted by molar-refractivity contribution is 5.89. The van der Waals surface area contributed by atoms with Crippen LogP contribution in [-0.4, -0.2) is 11.8 Å². The van der Waals surface area contributed by atoms with Gasteiger partial charge in [-0.15, -0.1) is 0 Å². The number of anilines is 2. The molecule has 9 aromatic rings. The summed E-state index contributed by atoms with van der Waals surface area (Å²) in [5.41, 5.74) is 16.3. The van der Waals surface area contributed by atoms with Gasteiger partial charge in [0.2, 0.25) is 46.0 Å². The number of carbonyl (C=O) groups is 2. The summed E-state index contributed by atoms with van der Waals surface area (Å²) >= 11 is 0. The molecule has 2 N–H and O–H groups in total. The van der Waals surface area contributed by atoms with Crippen LogP contribution in [0.4, 0.5) is 11.4 Å². The summed E-state index contributed by atoms with van der Waals surface area (Å²) in [6.07, 6.45) is 0. The normalized spacial score (nSPS) is 10.9. The van der Waals surface area contributed by atoms with Gasteiger partial charge < -0.3 is 10.6 Å². The lowest BCUT2D eigenvalue weighted by atomic mass is 9.95. The lowest BCUT2D eigenvalue weighted by molar-refractivity contribution is -0.572. The zero-order chi connectivity index (χ0) is 42.4. The molecule has 2 aromatic heterocycles. The third-order valence-electron chi connectivity index (χ3n) is 10.9. The van der Waals surface area contributed by atoms with Crippen LogP contribution in [0.2, 0.25) is 0 Å². The summed E-state index contributed by atoms with van der Waals surface area (Å²) in [7, 11) is 0. The predicted molar refractivity (Wildman–Crippen MR) is 251 cm³/mol. The van der Waals surface area contributed by atoms with Crippen LogP contribution in [0.3, 0.4) is 0 Å². The van der Waals surface area contributed by atoms with Crippen molar-refractivity contribution >= 4 is 23.2 Å². The van der Waals surface area contributed by atoms with E-state index in [2.05, 4.69) is 190 Å². The minimum atomic E-state index is -0.105. The van der Waals surface area contributed by atoms with Crippen molar-refractivity contribution in [3.63, 3.8) is 0 Å². The summed E-state index contributed by atoms with van der Waals surface area (Å²) in [4.78, 5) is 23.7.